The molecule has 2 rings (SSSR count). The minimum Gasteiger partial charge on any atom is -0.258 e. The number of aryl methyl sites for hydroxylation is 1. The van der Waals surface area contributed by atoms with E-state index in [4.69, 9.17) is 11.6 Å². The molecule has 0 aromatic heterocycles. The molecule has 0 saturated heterocycles. The average molecular weight is 355 g/mol. The fraction of sp³-hybridized carbons (Fsp3) is 0.200. The summed E-state index contributed by atoms with van der Waals surface area (Å²) in [4.78, 5) is 10.4. The van der Waals surface area contributed by atoms with Gasteiger partial charge in [-0.1, -0.05) is 35.9 Å². The summed E-state index contributed by atoms with van der Waals surface area (Å²) in [5, 5.41) is 11.5. The number of rotatable bonds is 6. The minimum absolute atomic E-state index is 0.103. The second-order valence-corrected chi connectivity index (χ2v) is 7.28. The smallest absolute Gasteiger partial charge is 0.258 e. The van der Waals surface area contributed by atoms with Crippen molar-refractivity contribution in [2.75, 3.05) is 0 Å². The third-order valence-electron chi connectivity index (χ3n) is 3.32. The number of hydrogen-bond donors (Lipinski definition) is 1. The quantitative estimate of drug-likeness (QED) is 0.637. The van der Waals surface area contributed by atoms with Crippen LogP contribution in [0.5, 0.6) is 0 Å². The molecular formula is C15H15ClN2O4S. The largest absolute Gasteiger partial charge is 0.273 e. The Morgan fingerprint density at radius 2 is 1.87 bits per heavy atom. The molecule has 0 bridgehead atoms. The molecule has 0 heterocycles. The van der Waals surface area contributed by atoms with E-state index in [2.05, 4.69) is 4.72 Å². The molecule has 8 heteroatoms. The number of para-hydroxylation sites is 1. The number of hydrogen-bond acceptors (Lipinski definition) is 4. The van der Waals surface area contributed by atoms with Gasteiger partial charge >= 0.3 is 0 Å². The molecular weight excluding hydrogens is 340 g/mol. The zero-order valence-corrected chi connectivity index (χ0v) is 13.9. The Labute approximate surface area is 139 Å². The van der Waals surface area contributed by atoms with Gasteiger partial charge in [0, 0.05) is 23.2 Å². The number of nitro groups is 1. The molecule has 0 fully saturated rings. The van der Waals surface area contributed by atoms with Crippen molar-refractivity contribution in [3.63, 3.8) is 0 Å². The van der Waals surface area contributed by atoms with E-state index in [0.717, 1.165) is 11.1 Å². The van der Waals surface area contributed by atoms with Crippen LogP contribution >= 0.6 is 11.6 Å². The third kappa shape index (κ3) is 4.75. The van der Waals surface area contributed by atoms with Gasteiger partial charge in [-0.05, 0) is 30.2 Å². The van der Waals surface area contributed by atoms with E-state index in [1.807, 2.05) is 6.92 Å². The van der Waals surface area contributed by atoms with Crippen molar-refractivity contribution in [3.05, 3.63) is 74.3 Å². The summed E-state index contributed by atoms with van der Waals surface area (Å²) >= 11 is 5.86. The topological polar surface area (TPSA) is 89.3 Å². The van der Waals surface area contributed by atoms with Crippen LogP contribution in [0.4, 0.5) is 5.69 Å². The van der Waals surface area contributed by atoms with Gasteiger partial charge in [-0.25, -0.2) is 13.1 Å². The molecule has 2 aromatic rings. The molecule has 0 atom stereocenters. The summed E-state index contributed by atoms with van der Waals surface area (Å²) in [6, 6.07) is 11.0. The second kappa shape index (κ2) is 7.08. The summed E-state index contributed by atoms with van der Waals surface area (Å²) in [5.41, 5.74) is 1.60. The van der Waals surface area contributed by atoms with Crippen molar-refractivity contribution >= 4 is 27.3 Å². The molecule has 2 aromatic carbocycles. The van der Waals surface area contributed by atoms with Crippen LogP contribution in [0.3, 0.4) is 0 Å². The van der Waals surface area contributed by atoms with Gasteiger partial charge < -0.3 is 0 Å². The zero-order valence-electron chi connectivity index (χ0n) is 12.3. The van der Waals surface area contributed by atoms with Crippen molar-refractivity contribution in [1.82, 2.24) is 4.72 Å². The normalized spacial score (nSPS) is 11.4. The number of nitrogens with zero attached hydrogens (tertiary/aromatic N) is 1. The van der Waals surface area contributed by atoms with Crippen molar-refractivity contribution in [3.8, 4) is 0 Å². The number of halogens is 1. The highest BCUT2D eigenvalue weighted by molar-refractivity contribution is 7.88. The molecule has 0 spiro atoms. The highest BCUT2D eigenvalue weighted by atomic mass is 35.5. The first-order valence-corrected chi connectivity index (χ1v) is 8.76. The van der Waals surface area contributed by atoms with Crippen LogP contribution in [-0.4, -0.2) is 13.3 Å². The highest BCUT2D eigenvalue weighted by Crippen LogP contribution is 2.20. The minimum atomic E-state index is -3.70. The average Bonchev–Trinajstić information content (AvgIpc) is 2.46. The van der Waals surface area contributed by atoms with Gasteiger partial charge in [0.25, 0.3) is 5.69 Å². The Morgan fingerprint density at radius 1 is 1.17 bits per heavy atom. The lowest BCUT2D eigenvalue weighted by molar-refractivity contribution is -0.385. The monoisotopic (exact) mass is 354 g/mol. The first kappa shape index (κ1) is 17.4. The van der Waals surface area contributed by atoms with Gasteiger partial charge in [-0.3, -0.25) is 10.1 Å². The second-order valence-electron chi connectivity index (χ2n) is 5.04. The van der Waals surface area contributed by atoms with E-state index >= 15 is 0 Å². The lowest BCUT2D eigenvalue weighted by atomic mass is 10.1. The van der Waals surface area contributed by atoms with E-state index in [-0.39, 0.29) is 17.8 Å². The molecule has 0 radical (unpaired) electrons. The number of sulfonamides is 1. The van der Waals surface area contributed by atoms with Gasteiger partial charge in [0.2, 0.25) is 10.0 Å². The fourth-order valence-electron chi connectivity index (χ4n) is 2.11. The van der Waals surface area contributed by atoms with Crippen LogP contribution in [0.25, 0.3) is 0 Å². The molecule has 0 aliphatic heterocycles. The molecule has 0 aliphatic carbocycles. The summed E-state index contributed by atoms with van der Waals surface area (Å²) in [7, 11) is -3.70. The van der Waals surface area contributed by atoms with E-state index in [0.29, 0.717) is 5.02 Å². The molecule has 0 amide bonds. The fourth-order valence-corrected chi connectivity index (χ4v) is 3.47. The van der Waals surface area contributed by atoms with Gasteiger partial charge in [0.15, 0.2) is 0 Å². The third-order valence-corrected chi connectivity index (χ3v) is 4.83. The van der Waals surface area contributed by atoms with Crippen molar-refractivity contribution in [1.29, 1.82) is 0 Å². The molecule has 122 valence electrons. The molecule has 0 unspecified atom stereocenters. The Kier molecular flexibility index (Phi) is 5.35. The van der Waals surface area contributed by atoms with Gasteiger partial charge in [0.1, 0.15) is 0 Å². The van der Waals surface area contributed by atoms with E-state index in [1.165, 1.54) is 18.2 Å². The first-order valence-electron chi connectivity index (χ1n) is 6.73. The van der Waals surface area contributed by atoms with Gasteiger partial charge in [0.05, 0.1) is 10.7 Å². The standard InChI is InChI=1S/C15H15ClN2O4S/c1-11-8-14(16)7-6-12(11)9-17-23(21,22)10-13-4-2-3-5-15(13)18(19)20/h2-8,17H,9-10H2,1H3. The lowest BCUT2D eigenvalue weighted by Crippen LogP contribution is -2.25. The maximum atomic E-state index is 12.2. The predicted molar refractivity (Wildman–Crippen MR) is 88.7 cm³/mol. The van der Waals surface area contributed by atoms with Crippen molar-refractivity contribution in [2.24, 2.45) is 0 Å². The maximum absolute atomic E-state index is 12.2. The SMILES string of the molecule is Cc1cc(Cl)ccc1CNS(=O)(=O)Cc1ccccc1[N+](=O)[O-]. The Bertz CT molecular complexity index is 837. The zero-order chi connectivity index (χ0) is 17.0. The maximum Gasteiger partial charge on any atom is 0.273 e. The highest BCUT2D eigenvalue weighted by Gasteiger charge is 2.19. The van der Waals surface area contributed by atoms with Gasteiger partial charge in [-0.2, -0.15) is 0 Å². The summed E-state index contributed by atoms with van der Waals surface area (Å²) < 4.78 is 26.8. The Morgan fingerprint density at radius 3 is 2.52 bits per heavy atom. The van der Waals surface area contributed by atoms with Crippen molar-refractivity contribution in [2.45, 2.75) is 19.2 Å². The van der Waals surface area contributed by atoms with Crippen molar-refractivity contribution < 1.29 is 13.3 Å². The lowest BCUT2D eigenvalue weighted by Gasteiger charge is -2.09. The molecule has 0 aliphatic rings. The van der Waals surface area contributed by atoms with Gasteiger partial charge in [-0.15, -0.1) is 0 Å². The predicted octanol–water partition coefficient (Wildman–Crippen LogP) is 3.18. The van der Waals surface area contributed by atoms with Crippen LogP contribution in [0.15, 0.2) is 42.5 Å². The summed E-state index contributed by atoms with van der Waals surface area (Å²) in [6.07, 6.45) is 0. The molecule has 1 N–H and O–H groups in total. The van der Waals surface area contributed by atoms with E-state index < -0.39 is 20.7 Å². The Hall–Kier alpha value is -1.96. The Balaban J connectivity index is 2.12. The summed E-state index contributed by atoms with van der Waals surface area (Å²) in [6.45, 7) is 1.93. The molecule has 0 saturated carbocycles. The number of nitro benzene ring substituents is 1. The van der Waals surface area contributed by atoms with E-state index in [1.54, 1.807) is 24.3 Å². The first-order chi connectivity index (χ1) is 10.8. The van der Waals surface area contributed by atoms with Crippen LogP contribution in [0, 0.1) is 17.0 Å². The molecule has 23 heavy (non-hydrogen) atoms. The number of benzene rings is 2. The van der Waals surface area contributed by atoms with Crippen LogP contribution in [-0.2, 0) is 22.3 Å². The molecule has 6 nitrogen and oxygen atoms in total. The van der Waals surface area contributed by atoms with Crippen LogP contribution < -0.4 is 4.72 Å². The van der Waals surface area contributed by atoms with E-state index in [9.17, 15) is 18.5 Å². The number of nitrogens with one attached hydrogen (secondary N) is 1. The van der Waals surface area contributed by atoms with Crippen LogP contribution in [0.1, 0.15) is 16.7 Å². The van der Waals surface area contributed by atoms with Crippen LogP contribution in [0.2, 0.25) is 5.02 Å². The summed E-state index contributed by atoms with van der Waals surface area (Å²) in [5.74, 6) is -0.448.